The molecule has 5 nitrogen and oxygen atoms in total. The quantitative estimate of drug-likeness (QED) is 0.870. The van der Waals surface area contributed by atoms with Gasteiger partial charge in [-0.05, 0) is 31.0 Å². The Morgan fingerprint density at radius 2 is 1.90 bits per heavy atom. The number of aromatic nitrogens is 2. The van der Waals surface area contributed by atoms with Gasteiger partial charge in [0.05, 0.1) is 19.8 Å². The van der Waals surface area contributed by atoms with Crippen LogP contribution in [0.25, 0.3) is 11.3 Å². The summed E-state index contributed by atoms with van der Waals surface area (Å²) < 4.78 is 12.4. The maximum Gasteiger partial charge on any atom is 0.166 e. The number of carbonyl (C=O) groups is 1. The molecular formula is C16H18N2O3. The minimum absolute atomic E-state index is 0.175. The highest BCUT2D eigenvalue weighted by atomic mass is 16.5. The average molecular weight is 286 g/mol. The van der Waals surface area contributed by atoms with E-state index < -0.39 is 0 Å². The van der Waals surface area contributed by atoms with Crippen LogP contribution in [0.3, 0.4) is 0 Å². The van der Waals surface area contributed by atoms with E-state index in [1.807, 2.05) is 29.9 Å². The Labute approximate surface area is 123 Å². The zero-order valence-electron chi connectivity index (χ0n) is 12.5. The molecule has 0 saturated heterocycles. The first-order chi connectivity index (χ1) is 10.2. The molecule has 0 unspecified atom stereocenters. The monoisotopic (exact) mass is 286 g/mol. The normalized spacial score (nSPS) is 14.0. The lowest BCUT2D eigenvalue weighted by molar-refractivity contribution is 0.0972. The van der Waals surface area contributed by atoms with Crippen LogP contribution in [0.4, 0.5) is 0 Å². The summed E-state index contributed by atoms with van der Waals surface area (Å²) in [5.74, 6) is 1.48. The van der Waals surface area contributed by atoms with Crippen LogP contribution < -0.4 is 9.47 Å². The summed E-state index contributed by atoms with van der Waals surface area (Å²) >= 11 is 0. The van der Waals surface area contributed by atoms with E-state index in [0.29, 0.717) is 17.9 Å². The van der Waals surface area contributed by atoms with Gasteiger partial charge < -0.3 is 9.47 Å². The number of hydrogen-bond donors (Lipinski definition) is 0. The number of nitrogens with zero attached hydrogens (tertiary/aromatic N) is 2. The summed E-state index contributed by atoms with van der Waals surface area (Å²) in [4.78, 5) is 12.3. The van der Waals surface area contributed by atoms with E-state index in [4.69, 9.17) is 9.47 Å². The van der Waals surface area contributed by atoms with Gasteiger partial charge in [0.1, 0.15) is 5.69 Å². The fourth-order valence-corrected chi connectivity index (χ4v) is 2.87. The van der Waals surface area contributed by atoms with E-state index in [1.54, 1.807) is 14.2 Å². The zero-order valence-corrected chi connectivity index (χ0v) is 12.5. The summed E-state index contributed by atoms with van der Waals surface area (Å²) in [6.45, 7) is 0. The maximum absolute atomic E-state index is 12.3. The summed E-state index contributed by atoms with van der Waals surface area (Å²) in [7, 11) is 5.09. The molecule has 0 bridgehead atoms. The van der Waals surface area contributed by atoms with Gasteiger partial charge in [-0.3, -0.25) is 9.48 Å². The van der Waals surface area contributed by atoms with Crippen molar-refractivity contribution in [3.8, 4) is 22.8 Å². The third kappa shape index (κ3) is 2.18. The van der Waals surface area contributed by atoms with E-state index >= 15 is 0 Å². The number of methoxy groups -OCH3 is 2. The van der Waals surface area contributed by atoms with Crippen LogP contribution in [-0.4, -0.2) is 29.8 Å². The Kier molecular flexibility index (Phi) is 3.41. The van der Waals surface area contributed by atoms with Crippen LogP contribution in [0.5, 0.6) is 11.5 Å². The Morgan fingerprint density at radius 3 is 2.62 bits per heavy atom. The molecule has 0 N–H and O–H groups in total. The molecule has 2 aromatic rings. The molecule has 0 fully saturated rings. The van der Waals surface area contributed by atoms with E-state index in [0.717, 1.165) is 35.4 Å². The second kappa shape index (κ2) is 5.24. The first-order valence-electron chi connectivity index (χ1n) is 6.97. The number of ether oxygens (including phenoxy) is 2. The summed E-state index contributed by atoms with van der Waals surface area (Å²) in [6, 6.07) is 5.61. The van der Waals surface area contributed by atoms with Gasteiger partial charge in [-0.15, -0.1) is 0 Å². The van der Waals surface area contributed by atoms with Crippen molar-refractivity contribution in [2.45, 2.75) is 19.3 Å². The van der Waals surface area contributed by atoms with Crippen molar-refractivity contribution in [2.24, 2.45) is 7.05 Å². The molecule has 5 heteroatoms. The van der Waals surface area contributed by atoms with Crippen molar-refractivity contribution in [1.82, 2.24) is 9.78 Å². The fourth-order valence-electron chi connectivity index (χ4n) is 2.87. The van der Waals surface area contributed by atoms with Gasteiger partial charge in [0.25, 0.3) is 0 Å². The Balaban J connectivity index is 2.15. The Hall–Kier alpha value is -2.30. The molecule has 1 aromatic heterocycles. The molecule has 0 atom stereocenters. The standard InChI is InChI=1S/C16H18N2O3/c1-18-11-5-4-6-12(19)15(11)16(17-18)10-7-8-13(20-2)14(9-10)21-3/h7-9H,4-6H2,1-3H3. The molecule has 1 aromatic carbocycles. The largest absolute Gasteiger partial charge is 0.493 e. The number of Topliss-reactive ketones (excluding diaryl/α,β-unsaturated/α-hetero) is 1. The lowest BCUT2D eigenvalue weighted by atomic mass is 9.92. The number of rotatable bonds is 3. The number of hydrogen-bond acceptors (Lipinski definition) is 4. The minimum Gasteiger partial charge on any atom is -0.493 e. The number of ketones is 1. The van der Waals surface area contributed by atoms with Gasteiger partial charge in [0.15, 0.2) is 17.3 Å². The molecule has 1 heterocycles. The Bertz CT molecular complexity index is 704. The SMILES string of the molecule is COc1ccc(-c2nn(C)c3c2C(=O)CCC3)cc1OC. The lowest BCUT2D eigenvalue weighted by Crippen LogP contribution is -2.12. The van der Waals surface area contributed by atoms with E-state index in [2.05, 4.69) is 5.10 Å². The molecule has 110 valence electrons. The second-order valence-electron chi connectivity index (χ2n) is 5.14. The lowest BCUT2D eigenvalue weighted by Gasteiger charge is -2.12. The topological polar surface area (TPSA) is 53.4 Å². The van der Waals surface area contributed by atoms with Crippen LogP contribution in [0.1, 0.15) is 28.9 Å². The van der Waals surface area contributed by atoms with Crippen LogP contribution in [0.2, 0.25) is 0 Å². The molecule has 0 saturated carbocycles. The van der Waals surface area contributed by atoms with E-state index in [1.165, 1.54) is 0 Å². The third-order valence-electron chi connectivity index (χ3n) is 3.92. The number of benzene rings is 1. The maximum atomic E-state index is 12.3. The Morgan fingerprint density at radius 1 is 1.14 bits per heavy atom. The first kappa shape index (κ1) is 13.7. The first-order valence-corrected chi connectivity index (χ1v) is 6.97. The summed E-state index contributed by atoms with van der Waals surface area (Å²) in [6.07, 6.45) is 2.40. The highest BCUT2D eigenvalue weighted by molar-refractivity contribution is 6.03. The summed E-state index contributed by atoms with van der Waals surface area (Å²) in [5.41, 5.74) is 3.39. The van der Waals surface area contributed by atoms with Crippen molar-refractivity contribution in [3.63, 3.8) is 0 Å². The van der Waals surface area contributed by atoms with Gasteiger partial charge in [-0.25, -0.2) is 0 Å². The van der Waals surface area contributed by atoms with Crippen molar-refractivity contribution >= 4 is 5.78 Å². The predicted octanol–water partition coefficient (Wildman–Crippen LogP) is 2.62. The van der Waals surface area contributed by atoms with E-state index in [-0.39, 0.29) is 5.78 Å². The van der Waals surface area contributed by atoms with Gasteiger partial charge >= 0.3 is 0 Å². The van der Waals surface area contributed by atoms with Gasteiger partial charge in [0, 0.05) is 24.7 Å². The number of carbonyl (C=O) groups excluding carboxylic acids is 1. The molecule has 1 aliphatic rings. The van der Waals surface area contributed by atoms with Crippen LogP contribution in [-0.2, 0) is 13.5 Å². The van der Waals surface area contributed by atoms with Crippen LogP contribution >= 0.6 is 0 Å². The van der Waals surface area contributed by atoms with Crippen molar-refractivity contribution in [2.75, 3.05) is 14.2 Å². The van der Waals surface area contributed by atoms with Crippen molar-refractivity contribution in [1.29, 1.82) is 0 Å². The van der Waals surface area contributed by atoms with Gasteiger partial charge in [-0.1, -0.05) is 0 Å². The highest BCUT2D eigenvalue weighted by Crippen LogP contribution is 2.35. The summed E-state index contributed by atoms with van der Waals surface area (Å²) in [5, 5.41) is 4.54. The molecule has 3 rings (SSSR count). The molecule has 0 amide bonds. The van der Waals surface area contributed by atoms with E-state index in [9.17, 15) is 4.79 Å². The second-order valence-corrected chi connectivity index (χ2v) is 5.14. The predicted molar refractivity (Wildman–Crippen MR) is 79.0 cm³/mol. The van der Waals surface area contributed by atoms with Crippen molar-refractivity contribution in [3.05, 3.63) is 29.5 Å². The minimum atomic E-state index is 0.175. The molecule has 0 aliphatic heterocycles. The molecule has 1 aliphatic carbocycles. The highest BCUT2D eigenvalue weighted by Gasteiger charge is 2.26. The van der Waals surface area contributed by atoms with Gasteiger partial charge in [0.2, 0.25) is 0 Å². The average Bonchev–Trinajstić information content (AvgIpc) is 2.85. The third-order valence-corrected chi connectivity index (χ3v) is 3.92. The number of aryl methyl sites for hydroxylation is 1. The molecule has 0 spiro atoms. The van der Waals surface area contributed by atoms with Crippen molar-refractivity contribution < 1.29 is 14.3 Å². The fraction of sp³-hybridized carbons (Fsp3) is 0.375. The number of fused-ring (bicyclic) bond motifs is 1. The zero-order chi connectivity index (χ0) is 15.0. The smallest absolute Gasteiger partial charge is 0.166 e. The molecular weight excluding hydrogens is 268 g/mol. The van der Waals surface area contributed by atoms with Crippen LogP contribution in [0.15, 0.2) is 18.2 Å². The van der Waals surface area contributed by atoms with Gasteiger partial charge in [-0.2, -0.15) is 5.10 Å². The molecule has 0 radical (unpaired) electrons. The van der Waals surface area contributed by atoms with Crippen LogP contribution in [0, 0.1) is 0 Å². The molecule has 21 heavy (non-hydrogen) atoms.